The van der Waals surface area contributed by atoms with E-state index in [9.17, 15) is 4.79 Å². The molecule has 104 valence electrons. The highest BCUT2D eigenvalue weighted by molar-refractivity contribution is 5.92. The van der Waals surface area contributed by atoms with E-state index in [-0.39, 0.29) is 5.91 Å². The van der Waals surface area contributed by atoms with Crippen LogP contribution in [0, 0.1) is 5.92 Å². The van der Waals surface area contributed by atoms with Gasteiger partial charge in [0, 0.05) is 27.1 Å². The summed E-state index contributed by atoms with van der Waals surface area (Å²) in [5, 5.41) is 2.97. The molecule has 0 saturated carbocycles. The van der Waals surface area contributed by atoms with Crippen LogP contribution >= 0.6 is 0 Å². The van der Waals surface area contributed by atoms with Gasteiger partial charge in [-0.05, 0) is 38.1 Å². The average Bonchev–Trinajstić information content (AvgIpc) is 2.83. The van der Waals surface area contributed by atoms with Crippen LogP contribution in [0.4, 0.5) is 11.5 Å². The maximum atomic E-state index is 12.2. The van der Waals surface area contributed by atoms with Gasteiger partial charge in [0.05, 0.1) is 11.9 Å². The van der Waals surface area contributed by atoms with Gasteiger partial charge in [0.2, 0.25) is 5.91 Å². The van der Waals surface area contributed by atoms with Gasteiger partial charge in [-0.25, -0.2) is 4.98 Å². The Morgan fingerprint density at radius 1 is 1.58 bits per heavy atom. The first-order valence-corrected chi connectivity index (χ1v) is 6.69. The zero-order valence-corrected chi connectivity index (χ0v) is 11.9. The quantitative estimate of drug-likeness (QED) is 0.891. The number of nitrogens with zero attached hydrogens (tertiary/aromatic N) is 3. The molecule has 0 spiro atoms. The number of amides is 1. The van der Waals surface area contributed by atoms with Gasteiger partial charge < -0.3 is 15.1 Å². The molecule has 1 N–H and O–H groups in total. The Balaban J connectivity index is 1.94. The van der Waals surface area contributed by atoms with E-state index in [1.165, 1.54) is 0 Å². The maximum Gasteiger partial charge on any atom is 0.227 e. The van der Waals surface area contributed by atoms with E-state index in [0.29, 0.717) is 12.3 Å². The normalized spacial score (nSPS) is 19.4. The third-order valence-electron chi connectivity index (χ3n) is 3.72. The monoisotopic (exact) mass is 262 g/mol. The van der Waals surface area contributed by atoms with Gasteiger partial charge in [0.1, 0.15) is 5.82 Å². The molecular formula is C14H22N4O. The topological polar surface area (TPSA) is 48.5 Å². The van der Waals surface area contributed by atoms with Crippen LogP contribution in [0.2, 0.25) is 0 Å². The van der Waals surface area contributed by atoms with E-state index < -0.39 is 0 Å². The van der Waals surface area contributed by atoms with E-state index in [1.54, 1.807) is 11.1 Å². The first-order chi connectivity index (χ1) is 9.10. The van der Waals surface area contributed by atoms with E-state index in [0.717, 1.165) is 31.0 Å². The summed E-state index contributed by atoms with van der Waals surface area (Å²) < 4.78 is 0. The molecule has 2 heterocycles. The van der Waals surface area contributed by atoms with Crippen LogP contribution in [0.15, 0.2) is 18.3 Å². The molecule has 5 heteroatoms. The number of hydrogen-bond acceptors (Lipinski definition) is 4. The zero-order valence-electron chi connectivity index (χ0n) is 11.9. The number of rotatable bonds is 4. The average molecular weight is 262 g/mol. The summed E-state index contributed by atoms with van der Waals surface area (Å²) in [6.07, 6.45) is 3.46. The van der Waals surface area contributed by atoms with Gasteiger partial charge >= 0.3 is 0 Å². The number of pyridine rings is 1. The number of hydrogen-bond donors (Lipinski definition) is 1. The molecule has 1 atom stereocenters. The predicted octanol–water partition coefficient (Wildman–Crippen LogP) is 1.43. The van der Waals surface area contributed by atoms with Gasteiger partial charge in [0.25, 0.3) is 0 Å². The molecule has 1 unspecified atom stereocenters. The van der Waals surface area contributed by atoms with Crippen molar-refractivity contribution in [2.75, 3.05) is 44.4 Å². The maximum absolute atomic E-state index is 12.2. The molecule has 0 aromatic carbocycles. The molecule has 2 rings (SSSR count). The fourth-order valence-corrected chi connectivity index (χ4v) is 2.45. The Morgan fingerprint density at radius 3 is 2.89 bits per heavy atom. The van der Waals surface area contributed by atoms with Crippen LogP contribution < -0.4 is 10.2 Å². The van der Waals surface area contributed by atoms with Crippen LogP contribution in [-0.4, -0.2) is 50.0 Å². The van der Waals surface area contributed by atoms with Crippen LogP contribution in [-0.2, 0) is 4.79 Å². The first kappa shape index (κ1) is 13.8. The third-order valence-corrected chi connectivity index (χ3v) is 3.72. The number of aromatic nitrogens is 1. The Bertz CT molecular complexity index is 432. The molecule has 0 aliphatic carbocycles. The second-order valence-electron chi connectivity index (χ2n) is 5.23. The molecule has 1 aromatic heterocycles. The van der Waals surface area contributed by atoms with Crippen molar-refractivity contribution in [3.8, 4) is 0 Å². The predicted molar refractivity (Wildman–Crippen MR) is 77.4 cm³/mol. The molecular weight excluding hydrogens is 240 g/mol. The molecule has 1 aromatic rings. The number of likely N-dealkylation sites (tertiary alicyclic amines) is 1. The van der Waals surface area contributed by atoms with Crippen LogP contribution in [0.3, 0.4) is 0 Å². The van der Waals surface area contributed by atoms with Crippen LogP contribution in [0.1, 0.15) is 12.8 Å². The molecule has 1 saturated heterocycles. The van der Waals surface area contributed by atoms with Gasteiger partial charge in [-0.15, -0.1) is 0 Å². The summed E-state index contributed by atoms with van der Waals surface area (Å²) in [4.78, 5) is 20.4. The molecule has 0 bridgehead atoms. The van der Waals surface area contributed by atoms with Gasteiger partial charge in [0.15, 0.2) is 0 Å². The van der Waals surface area contributed by atoms with Crippen LogP contribution in [0.25, 0.3) is 0 Å². The number of carbonyl (C=O) groups excluding carboxylic acids is 1. The lowest BCUT2D eigenvalue weighted by molar-refractivity contribution is -0.119. The Morgan fingerprint density at radius 2 is 2.37 bits per heavy atom. The van der Waals surface area contributed by atoms with E-state index in [1.807, 2.05) is 26.2 Å². The van der Waals surface area contributed by atoms with Gasteiger partial charge in [-0.1, -0.05) is 0 Å². The molecule has 1 fully saturated rings. The molecule has 1 aliphatic heterocycles. The minimum absolute atomic E-state index is 0.166. The highest BCUT2D eigenvalue weighted by Crippen LogP contribution is 2.21. The van der Waals surface area contributed by atoms with Crippen LogP contribution in [0.5, 0.6) is 0 Å². The summed E-state index contributed by atoms with van der Waals surface area (Å²) in [5.74, 6) is 1.46. The van der Waals surface area contributed by atoms with Crippen molar-refractivity contribution in [3.63, 3.8) is 0 Å². The van der Waals surface area contributed by atoms with Gasteiger partial charge in [-0.3, -0.25) is 4.79 Å². The van der Waals surface area contributed by atoms with Gasteiger partial charge in [-0.2, -0.15) is 0 Å². The van der Waals surface area contributed by atoms with E-state index >= 15 is 0 Å². The Kier molecular flexibility index (Phi) is 4.37. The zero-order chi connectivity index (χ0) is 13.8. The Labute approximate surface area is 114 Å². The second kappa shape index (κ2) is 6.02. The number of anilines is 2. The van der Waals surface area contributed by atoms with Crippen molar-refractivity contribution >= 4 is 17.4 Å². The number of carbonyl (C=O) groups is 1. The smallest absolute Gasteiger partial charge is 0.227 e. The highest BCUT2D eigenvalue weighted by Gasteiger charge is 2.23. The lowest BCUT2D eigenvalue weighted by atomic mass is 10.0. The number of nitrogens with one attached hydrogen (secondary N) is 1. The third kappa shape index (κ3) is 3.44. The summed E-state index contributed by atoms with van der Waals surface area (Å²) in [6.45, 7) is 2.12. The standard InChI is InChI=1S/C14H22N4O/c1-15-13-5-4-12(9-16-13)18(3)14(19)8-11-6-7-17(2)10-11/h4-5,9,11H,6-8,10H2,1-3H3,(H,15,16). The summed E-state index contributed by atoms with van der Waals surface area (Å²) in [7, 11) is 5.75. The highest BCUT2D eigenvalue weighted by atomic mass is 16.2. The largest absolute Gasteiger partial charge is 0.373 e. The van der Waals surface area contributed by atoms with Crippen molar-refractivity contribution in [1.29, 1.82) is 0 Å². The fourth-order valence-electron chi connectivity index (χ4n) is 2.45. The van der Waals surface area contributed by atoms with Crippen molar-refractivity contribution in [1.82, 2.24) is 9.88 Å². The molecule has 1 amide bonds. The second-order valence-corrected chi connectivity index (χ2v) is 5.23. The molecule has 19 heavy (non-hydrogen) atoms. The minimum Gasteiger partial charge on any atom is -0.373 e. The molecule has 1 aliphatic rings. The molecule has 0 radical (unpaired) electrons. The van der Waals surface area contributed by atoms with Crippen molar-refractivity contribution in [2.24, 2.45) is 5.92 Å². The summed E-state index contributed by atoms with van der Waals surface area (Å²) in [5.41, 5.74) is 0.843. The lowest BCUT2D eigenvalue weighted by Crippen LogP contribution is -2.29. The molecule has 5 nitrogen and oxygen atoms in total. The Hall–Kier alpha value is -1.62. The van der Waals surface area contributed by atoms with Crippen molar-refractivity contribution in [3.05, 3.63) is 18.3 Å². The lowest BCUT2D eigenvalue weighted by Gasteiger charge is -2.19. The summed E-state index contributed by atoms with van der Waals surface area (Å²) in [6, 6.07) is 3.79. The first-order valence-electron chi connectivity index (χ1n) is 6.69. The van der Waals surface area contributed by atoms with E-state index in [2.05, 4.69) is 22.2 Å². The van der Waals surface area contributed by atoms with Crippen molar-refractivity contribution < 1.29 is 4.79 Å². The summed E-state index contributed by atoms with van der Waals surface area (Å²) >= 11 is 0. The fraction of sp³-hybridized carbons (Fsp3) is 0.571. The minimum atomic E-state index is 0.166. The SMILES string of the molecule is CNc1ccc(N(C)C(=O)CC2CCN(C)C2)cn1. The van der Waals surface area contributed by atoms with E-state index in [4.69, 9.17) is 0 Å². The van der Waals surface area contributed by atoms with Crippen molar-refractivity contribution in [2.45, 2.75) is 12.8 Å².